The molecule has 10 heteroatoms. The number of hydrogen-bond donors (Lipinski definition) is 1. The molecule has 1 aromatic carbocycles. The fraction of sp³-hybridized carbons (Fsp3) is 0.304. The number of anilines is 1. The van der Waals surface area contributed by atoms with Crippen molar-refractivity contribution in [2.24, 2.45) is 0 Å². The zero-order valence-corrected chi connectivity index (χ0v) is 18.0. The minimum atomic E-state index is -0.770. The lowest BCUT2D eigenvalue weighted by Crippen LogP contribution is -2.40. The van der Waals surface area contributed by atoms with Crippen LogP contribution in [-0.4, -0.2) is 46.5 Å². The molecule has 0 aliphatic carbocycles. The molecule has 1 saturated heterocycles. The molecular weight excluding hydrogens is 426 g/mol. The van der Waals surface area contributed by atoms with Gasteiger partial charge < -0.3 is 10.1 Å². The average molecular weight is 448 g/mol. The van der Waals surface area contributed by atoms with Crippen molar-refractivity contribution in [2.45, 2.75) is 38.3 Å². The Kier molecular flexibility index (Phi) is 4.51. The molecule has 1 aliphatic rings. The molecule has 0 unspecified atom stereocenters. The number of imidazole rings is 1. The van der Waals surface area contributed by atoms with E-state index >= 15 is 0 Å². The maximum atomic E-state index is 14.3. The summed E-state index contributed by atoms with van der Waals surface area (Å²) in [6.07, 6.45) is 5.93. The summed E-state index contributed by atoms with van der Waals surface area (Å²) >= 11 is 0. The van der Waals surface area contributed by atoms with E-state index in [2.05, 4.69) is 33.1 Å². The van der Waals surface area contributed by atoms with Crippen molar-refractivity contribution >= 4 is 28.1 Å². The Morgan fingerprint density at radius 3 is 2.85 bits per heavy atom. The molecule has 1 aliphatic heterocycles. The number of likely N-dealkylation sites (tertiary alicyclic amines) is 1. The molecular formula is C23H22F2N8. The van der Waals surface area contributed by atoms with Gasteiger partial charge in [0, 0.05) is 43.5 Å². The number of nitrogen functional groups attached to an aromatic ring is 1. The normalized spacial score (nSPS) is 19.7. The number of piperidine rings is 1. The van der Waals surface area contributed by atoms with Crippen molar-refractivity contribution in [3.05, 3.63) is 65.9 Å². The van der Waals surface area contributed by atoms with Crippen LogP contribution >= 0.6 is 0 Å². The fourth-order valence-electron chi connectivity index (χ4n) is 4.73. The highest BCUT2D eigenvalue weighted by Gasteiger charge is 2.30. The molecule has 0 radical (unpaired) electrons. The zero-order valence-electron chi connectivity index (χ0n) is 18.0. The lowest BCUT2D eigenvalue weighted by molar-refractivity contribution is 0.132. The third kappa shape index (κ3) is 3.37. The summed E-state index contributed by atoms with van der Waals surface area (Å²) in [6.45, 7) is 3.68. The van der Waals surface area contributed by atoms with Crippen molar-refractivity contribution < 1.29 is 8.78 Å². The van der Waals surface area contributed by atoms with Crippen LogP contribution in [0.3, 0.4) is 0 Å². The Hall–Kier alpha value is -3.66. The van der Waals surface area contributed by atoms with Gasteiger partial charge in [0.25, 0.3) is 0 Å². The van der Waals surface area contributed by atoms with Gasteiger partial charge in [0.15, 0.2) is 17.3 Å². The number of aromatic nitrogens is 6. The largest absolute Gasteiger partial charge is 0.368 e. The van der Waals surface area contributed by atoms with Crippen LogP contribution < -0.4 is 5.73 Å². The second kappa shape index (κ2) is 7.45. The molecule has 2 atom stereocenters. The molecule has 0 amide bonds. The number of benzene rings is 1. The first-order valence-electron chi connectivity index (χ1n) is 10.9. The standard InChI is InChI=1S/C23H22F2N8/c1-13-5-6-14(10-32(13)12-16-11-31-7-3-2-4-19(31)27-16)21-29-22-17-8-15(24)9-18(25)20(17)28-23(26)33(22)30-21/h2-4,7-9,11,13-14H,5-6,10,12H2,1H3,(H2,26,28)/t13-,14+/m0/s1. The summed E-state index contributed by atoms with van der Waals surface area (Å²) in [7, 11) is 0. The van der Waals surface area contributed by atoms with Gasteiger partial charge in [-0.2, -0.15) is 4.52 Å². The van der Waals surface area contributed by atoms with E-state index in [-0.39, 0.29) is 22.8 Å². The smallest absolute Gasteiger partial charge is 0.223 e. The minimum Gasteiger partial charge on any atom is -0.368 e. The molecule has 8 nitrogen and oxygen atoms in total. The molecule has 1 fully saturated rings. The number of fused-ring (bicyclic) bond motifs is 4. The molecule has 168 valence electrons. The quantitative estimate of drug-likeness (QED) is 0.454. The highest BCUT2D eigenvalue weighted by molar-refractivity contribution is 5.92. The lowest BCUT2D eigenvalue weighted by atomic mass is 9.93. The number of hydrogen-bond acceptors (Lipinski definition) is 6. The highest BCUT2D eigenvalue weighted by atomic mass is 19.1. The number of nitrogens with zero attached hydrogens (tertiary/aromatic N) is 7. The van der Waals surface area contributed by atoms with E-state index < -0.39 is 11.6 Å². The Balaban J connectivity index is 1.33. The summed E-state index contributed by atoms with van der Waals surface area (Å²) in [5, 5.41) is 4.83. The van der Waals surface area contributed by atoms with Gasteiger partial charge in [-0.05, 0) is 38.0 Å². The maximum absolute atomic E-state index is 14.3. The molecule has 5 heterocycles. The first kappa shape index (κ1) is 20.0. The third-order valence-electron chi connectivity index (χ3n) is 6.49. The first-order chi connectivity index (χ1) is 16.0. The molecule has 6 rings (SSSR count). The molecule has 33 heavy (non-hydrogen) atoms. The fourth-order valence-corrected chi connectivity index (χ4v) is 4.73. The zero-order chi connectivity index (χ0) is 22.7. The van der Waals surface area contributed by atoms with Gasteiger partial charge in [0.05, 0.1) is 11.1 Å². The predicted molar refractivity (Wildman–Crippen MR) is 120 cm³/mol. The monoisotopic (exact) mass is 448 g/mol. The highest BCUT2D eigenvalue weighted by Crippen LogP contribution is 2.31. The number of halogens is 2. The van der Waals surface area contributed by atoms with E-state index in [0.717, 1.165) is 43.3 Å². The van der Waals surface area contributed by atoms with Crippen LogP contribution in [0.15, 0.2) is 42.7 Å². The minimum absolute atomic E-state index is 0.00825. The Morgan fingerprint density at radius 2 is 2.00 bits per heavy atom. The Labute approximate surface area is 187 Å². The van der Waals surface area contributed by atoms with E-state index in [1.54, 1.807) is 0 Å². The summed E-state index contributed by atoms with van der Waals surface area (Å²) in [5.74, 6) is -0.775. The molecule has 5 aromatic rings. The second-order valence-electron chi connectivity index (χ2n) is 8.71. The Morgan fingerprint density at radius 1 is 1.12 bits per heavy atom. The SMILES string of the molecule is C[C@H]1CC[C@@H](c2nc3c4cc(F)cc(F)c4nc(N)n3n2)CN1Cc1cn2ccccc2n1. The molecule has 0 bridgehead atoms. The van der Waals surface area contributed by atoms with E-state index in [4.69, 9.17) is 10.7 Å². The Bertz CT molecular complexity index is 1470. The van der Waals surface area contributed by atoms with Crippen LogP contribution in [0.25, 0.3) is 22.2 Å². The maximum Gasteiger partial charge on any atom is 0.223 e. The van der Waals surface area contributed by atoms with E-state index in [1.807, 2.05) is 28.8 Å². The van der Waals surface area contributed by atoms with E-state index in [1.165, 1.54) is 10.6 Å². The molecule has 0 spiro atoms. The van der Waals surface area contributed by atoms with Crippen molar-refractivity contribution in [1.29, 1.82) is 0 Å². The summed E-state index contributed by atoms with van der Waals surface area (Å²) < 4.78 is 31.6. The summed E-state index contributed by atoms with van der Waals surface area (Å²) in [6, 6.07) is 8.34. The van der Waals surface area contributed by atoms with Crippen LogP contribution in [0, 0.1) is 11.6 Å². The van der Waals surface area contributed by atoms with Gasteiger partial charge in [0.1, 0.15) is 17.0 Å². The van der Waals surface area contributed by atoms with Crippen LogP contribution in [-0.2, 0) is 6.54 Å². The van der Waals surface area contributed by atoms with Crippen molar-refractivity contribution in [1.82, 2.24) is 33.9 Å². The second-order valence-corrected chi connectivity index (χ2v) is 8.71. The first-order valence-corrected chi connectivity index (χ1v) is 10.9. The van der Waals surface area contributed by atoms with Crippen molar-refractivity contribution in [3.8, 4) is 0 Å². The topological polar surface area (TPSA) is 89.6 Å². The van der Waals surface area contributed by atoms with Crippen LogP contribution in [0.1, 0.15) is 37.2 Å². The van der Waals surface area contributed by atoms with E-state index in [9.17, 15) is 8.78 Å². The van der Waals surface area contributed by atoms with Gasteiger partial charge in [-0.1, -0.05) is 6.07 Å². The summed E-state index contributed by atoms with van der Waals surface area (Å²) in [5.41, 5.74) is 8.26. The predicted octanol–water partition coefficient (Wildman–Crippen LogP) is 3.55. The van der Waals surface area contributed by atoms with Gasteiger partial charge >= 0.3 is 0 Å². The number of nitrogens with two attached hydrogens (primary N) is 1. The third-order valence-corrected chi connectivity index (χ3v) is 6.49. The van der Waals surface area contributed by atoms with Gasteiger partial charge in [-0.3, -0.25) is 4.90 Å². The average Bonchev–Trinajstić information content (AvgIpc) is 3.41. The number of pyridine rings is 1. The summed E-state index contributed by atoms with van der Waals surface area (Å²) in [4.78, 5) is 15.8. The van der Waals surface area contributed by atoms with Crippen molar-refractivity contribution in [3.63, 3.8) is 0 Å². The van der Waals surface area contributed by atoms with Crippen molar-refractivity contribution in [2.75, 3.05) is 12.3 Å². The van der Waals surface area contributed by atoms with Gasteiger partial charge in [-0.15, -0.1) is 5.10 Å². The van der Waals surface area contributed by atoms with Crippen LogP contribution in [0.2, 0.25) is 0 Å². The van der Waals surface area contributed by atoms with E-state index in [0.29, 0.717) is 17.5 Å². The van der Waals surface area contributed by atoms with Crippen LogP contribution in [0.5, 0.6) is 0 Å². The molecule has 0 saturated carbocycles. The lowest BCUT2D eigenvalue weighted by Gasteiger charge is -2.36. The molecule has 4 aromatic heterocycles. The number of rotatable bonds is 3. The van der Waals surface area contributed by atoms with Crippen LogP contribution in [0.4, 0.5) is 14.7 Å². The molecule has 2 N–H and O–H groups in total. The van der Waals surface area contributed by atoms with Gasteiger partial charge in [0.2, 0.25) is 5.95 Å². The van der Waals surface area contributed by atoms with Gasteiger partial charge in [-0.25, -0.2) is 23.7 Å².